The van der Waals surface area contributed by atoms with Crippen LogP contribution in [0, 0.1) is 0 Å². The van der Waals surface area contributed by atoms with Crippen molar-refractivity contribution in [3.8, 4) is 0 Å². The molecule has 0 heterocycles. The fraction of sp³-hybridized carbons (Fsp3) is 0.400. The van der Waals surface area contributed by atoms with Crippen molar-refractivity contribution in [2.75, 3.05) is 6.61 Å². The molecule has 0 aliphatic heterocycles. The van der Waals surface area contributed by atoms with E-state index in [0.29, 0.717) is 6.42 Å². The second kappa shape index (κ2) is 6.88. The van der Waals surface area contributed by atoms with Crippen LogP contribution in [0.25, 0.3) is 0 Å². The molecule has 0 aliphatic carbocycles. The first kappa shape index (κ1) is 12.4. The maximum Gasteiger partial charge on any atom is 0.337 e. The van der Waals surface area contributed by atoms with Crippen molar-refractivity contribution in [2.45, 2.75) is 20.3 Å². The SMILES string of the molecule is C=CCC(=COC(C)=O)C(=O)OCC. The van der Waals surface area contributed by atoms with Gasteiger partial charge in [0, 0.05) is 13.3 Å². The van der Waals surface area contributed by atoms with E-state index in [1.807, 2.05) is 0 Å². The molecule has 0 atom stereocenters. The Labute approximate surface area is 83.2 Å². The largest absolute Gasteiger partial charge is 0.463 e. The minimum Gasteiger partial charge on any atom is -0.463 e. The maximum absolute atomic E-state index is 11.2. The molecule has 4 nitrogen and oxygen atoms in total. The van der Waals surface area contributed by atoms with Crippen LogP contribution < -0.4 is 0 Å². The van der Waals surface area contributed by atoms with E-state index in [1.54, 1.807) is 6.92 Å². The summed E-state index contributed by atoms with van der Waals surface area (Å²) in [7, 11) is 0. The second-order valence-electron chi connectivity index (χ2n) is 2.47. The van der Waals surface area contributed by atoms with Gasteiger partial charge in [0.15, 0.2) is 0 Å². The average Bonchev–Trinajstić information content (AvgIpc) is 2.12. The van der Waals surface area contributed by atoms with Crippen LogP contribution in [0.3, 0.4) is 0 Å². The number of hydrogen-bond acceptors (Lipinski definition) is 4. The van der Waals surface area contributed by atoms with E-state index >= 15 is 0 Å². The molecule has 0 radical (unpaired) electrons. The Hall–Kier alpha value is -1.58. The highest BCUT2D eigenvalue weighted by atomic mass is 16.5. The predicted molar refractivity (Wildman–Crippen MR) is 51.3 cm³/mol. The van der Waals surface area contributed by atoms with Gasteiger partial charge in [-0.1, -0.05) is 6.08 Å². The first-order valence-electron chi connectivity index (χ1n) is 4.26. The van der Waals surface area contributed by atoms with Gasteiger partial charge in [-0.15, -0.1) is 6.58 Å². The summed E-state index contributed by atoms with van der Waals surface area (Å²) >= 11 is 0. The van der Waals surface area contributed by atoms with Crippen molar-refractivity contribution in [3.05, 3.63) is 24.5 Å². The van der Waals surface area contributed by atoms with E-state index in [4.69, 9.17) is 4.74 Å². The highest BCUT2D eigenvalue weighted by Crippen LogP contribution is 2.05. The van der Waals surface area contributed by atoms with Crippen molar-refractivity contribution in [1.82, 2.24) is 0 Å². The molecule has 4 heteroatoms. The van der Waals surface area contributed by atoms with Gasteiger partial charge in [-0.3, -0.25) is 4.79 Å². The summed E-state index contributed by atoms with van der Waals surface area (Å²) < 4.78 is 9.32. The summed E-state index contributed by atoms with van der Waals surface area (Å²) in [4.78, 5) is 21.7. The second-order valence-corrected chi connectivity index (χ2v) is 2.47. The normalized spacial score (nSPS) is 10.6. The van der Waals surface area contributed by atoms with E-state index in [2.05, 4.69) is 11.3 Å². The molecule has 0 saturated carbocycles. The third-order valence-electron chi connectivity index (χ3n) is 1.27. The van der Waals surface area contributed by atoms with E-state index in [-0.39, 0.29) is 12.2 Å². The van der Waals surface area contributed by atoms with Crippen molar-refractivity contribution in [1.29, 1.82) is 0 Å². The third-order valence-corrected chi connectivity index (χ3v) is 1.27. The fourth-order valence-electron chi connectivity index (χ4n) is 0.713. The average molecular weight is 198 g/mol. The van der Waals surface area contributed by atoms with Crippen LogP contribution in [0.4, 0.5) is 0 Å². The molecule has 0 amide bonds. The van der Waals surface area contributed by atoms with Gasteiger partial charge in [-0.05, 0) is 6.92 Å². The molecule has 0 fully saturated rings. The first-order valence-corrected chi connectivity index (χ1v) is 4.26. The number of carbonyl (C=O) groups excluding carboxylic acids is 2. The predicted octanol–water partition coefficient (Wildman–Crippen LogP) is 1.57. The molecular formula is C10H14O4. The molecule has 0 N–H and O–H groups in total. The number of carbonyl (C=O) groups is 2. The lowest BCUT2D eigenvalue weighted by Gasteiger charge is -2.03. The first-order chi connectivity index (χ1) is 6.61. The Morgan fingerprint density at radius 3 is 2.50 bits per heavy atom. The lowest BCUT2D eigenvalue weighted by Crippen LogP contribution is -2.08. The van der Waals surface area contributed by atoms with Gasteiger partial charge >= 0.3 is 11.9 Å². The summed E-state index contributed by atoms with van der Waals surface area (Å²) in [5.41, 5.74) is 0.275. The summed E-state index contributed by atoms with van der Waals surface area (Å²) in [5.74, 6) is -0.968. The topological polar surface area (TPSA) is 52.6 Å². The molecule has 0 saturated heterocycles. The molecule has 0 aromatic carbocycles. The molecule has 0 aromatic heterocycles. The number of rotatable bonds is 5. The zero-order valence-electron chi connectivity index (χ0n) is 8.41. The van der Waals surface area contributed by atoms with Crippen LogP contribution in [-0.4, -0.2) is 18.5 Å². The summed E-state index contributed by atoms with van der Waals surface area (Å²) in [6.45, 7) is 6.73. The summed E-state index contributed by atoms with van der Waals surface area (Å²) in [6.07, 6.45) is 2.94. The number of hydrogen-bond donors (Lipinski definition) is 0. The van der Waals surface area contributed by atoms with Gasteiger partial charge in [0.2, 0.25) is 0 Å². The van der Waals surface area contributed by atoms with Crippen LogP contribution in [0.15, 0.2) is 24.5 Å². The third kappa shape index (κ3) is 5.13. The quantitative estimate of drug-likeness (QED) is 0.291. The van der Waals surface area contributed by atoms with Gasteiger partial charge in [-0.25, -0.2) is 4.79 Å². The van der Waals surface area contributed by atoms with E-state index < -0.39 is 11.9 Å². The van der Waals surface area contributed by atoms with Crippen molar-refractivity contribution in [2.24, 2.45) is 0 Å². The molecule has 14 heavy (non-hydrogen) atoms. The highest BCUT2D eigenvalue weighted by molar-refractivity contribution is 5.88. The Morgan fingerprint density at radius 1 is 1.43 bits per heavy atom. The lowest BCUT2D eigenvalue weighted by atomic mass is 10.2. The van der Waals surface area contributed by atoms with Gasteiger partial charge in [0.1, 0.15) is 6.26 Å². The zero-order chi connectivity index (χ0) is 11.0. The monoisotopic (exact) mass is 198 g/mol. The zero-order valence-corrected chi connectivity index (χ0v) is 8.41. The summed E-state index contributed by atoms with van der Waals surface area (Å²) in [6, 6.07) is 0. The lowest BCUT2D eigenvalue weighted by molar-refractivity contribution is -0.139. The maximum atomic E-state index is 11.2. The Bertz CT molecular complexity index is 253. The number of allylic oxidation sites excluding steroid dienone is 1. The van der Waals surface area contributed by atoms with Crippen molar-refractivity contribution in [3.63, 3.8) is 0 Å². The van der Waals surface area contributed by atoms with Gasteiger partial charge < -0.3 is 9.47 Å². The van der Waals surface area contributed by atoms with Gasteiger partial charge in [0.25, 0.3) is 0 Å². The number of ether oxygens (including phenoxy) is 2. The minimum absolute atomic E-state index is 0.275. The molecule has 0 aliphatic rings. The van der Waals surface area contributed by atoms with E-state index in [1.165, 1.54) is 13.0 Å². The fourth-order valence-corrected chi connectivity index (χ4v) is 0.713. The van der Waals surface area contributed by atoms with Crippen molar-refractivity contribution < 1.29 is 19.1 Å². The minimum atomic E-state index is -0.492. The smallest absolute Gasteiger partial charge is 0.337 e. The Kier molecular flexibility index (Phi) is 6.11. The van der Waals surface area contributed by atoms with E-state index in [0.717, 1.165) is 6.26 Å². The molecule has 0 bridgehead atoms. The van der Waals surface area contributed by atoms with Crippen LogP contribution >= 0.6 is 0 Å². The van der Waals surface area contributed by atoms with Crippen LogP contribution in [0.1, 0.15) is 20.3 Å². The van der Waals surface area contributed by atoms with E-state index in [9.17, 15) is 9.59 Å². The van der Waals surface area contributed by atoms with Crippen molar-refractivity contribution >= 4 is 11.9 Å². The molecule has 0 rings (SSSR count). The standard InChI is InChI=1S/C10H14O4/c1-4-6-9(7-14-8(3)11)10(12)13-5-2/h4,7H,1,5-6H2,2-3H3. The van der Waals surface area contributed by atoms with Crippen LogP contribution in [-0.2, 0) is 19.1 Å². The Balaban J connectivity index is 4.40. The van der Waals surface area contributed by atoms with Gasteiger partial charge in [-0.2, -0.15) is 0 Å². The number of esters is 2. The molecule has 78 valence electrons. The highest BCUT2D eigenvalue weighted by Gasteiger charge is 2.09. The Morgan fingerprint density at radius 2 is 2.07 bits per heavy atom. The molecule has 0 spiro atoms. The van der Waals surface area contributed by atoms with Crippen LogP contribution in [0.2, 0.25) is 0 Å². The summed E-state index contributed by atoms with van der Waals surface area (Å²) in [5, 5.41) is 0. The van der Waals surface area contributed by atoms with Crippen LogP contribution in [0.5, 0.6) is 0 Å². The molecular weight excluding hydrogens is 184 g/mol. The molecule has 0 aromatic rings. The van der Waals surface area contributed by atoms with Gasteiger partial charge in [0.05, 0.1) is 12.2 Å². The molecule has 0 unspecified atom stereocenters.